The van der Waals surface area contributed by atoms with Crippen molar-refractivity contribution >= 4 is 17.7 Å². The summed E-state index contributed by atoms with van der Waals surface area (Å²) in [5.41, 5.74) is -0.461. The molecule has 0 saturated carbocycles. The maximum atomic E-state index is 12.2. The summed E-state index contributed by atoms with van der Waals surface area (Å²) in [6.07, 6.45) is 3.14. The van der Waals surface area contributed by atoms with Crippen LogP contribution in [0.3, 0.4) is 0 Å². The number of hydrogen-bond donors (Lipinski definition) is 1. The summed E-state index contributed by atoms with van der Waals surface area (Å²) in [5, 5.41) is 3.22. The Labute approximate surface area is 104 Å². The molecule has 0 bridgehead atoms. The Morgan fingerprint density at radius 2 is 2.06 bits per heavy atom. The van der Waals surface area contributed by atoms with Crippen molar-refractivity contribution in [2.45, 2.75) is 45.7 Å². The first-order valence-electron chi connectivity index (χ1n) is 5.88. The van der Waals surface area contributed by atoms with Crippen molar-refractivity contribution in [1.29, 1.82) is 0 Å². The van der Waals surface area contributed by atoms with E-state index >= 15 is 0 Å². The van der Waals surface area contributed by atoms with Gasteiger partial charge in [-0.1, -0.05) is 6.92 Å². The number of carbonyl (C=O) groups is 1. The second-order valence-electron chi connectivity index (χ2n) is 4.70. The molecule has 0 saturated heterocycles. The zero-order valence-corrected chi connectivity index (χ0v) is 12.3. The third kappa shape index (κ3) is 4.74. The average molecular weight is 246 g/mol. The lowest BCUT2D eigenvalue weighted by Crippen LogP contribution is -2.55. The van der Waals surface area contributed by atoms with Crippen molar-refractivity contribution in [2.24, 2.45) is 0 Å². The Bertz CT molecular complexity index is 219. The molecule has 4 heteroatoms. The van der Waals surface area contributed by atoms with Crippen LogP contribution in [0.5, 0.6) is 0 Å². The number of rotatable bonds is 7. The Morgan fingerprint density at radius 3 is 2.50 bits per heavy atom. The number of nitrogens with zero attached hydrogens (tertiary/aromatic N) is 1. The van der Waals surface area contributed by atoms with Crippen LogP contribution >= 0.6 is 11.8 Å². The van der Waals surface area contributed by atoms with E-state index in [4.69, 9.17) is 0 Å². The largest absolute Gasteiger partial charge is 0.341 e. The SMILES string of the molecule is CCNC(C)(C)C(=O)N(C)C(C)CCSC. The van der Waals surface area contributed by atoms with Gasteiger partial charge in [-0.25, -0.2) is 0 Å². The fourth-order valence-corrected chi connectivity index (χ4v) is 2.22. The average Bonchev–Trinajstić information content (AvgIpc) is 2.23. The quantitative estimate of drug-likeness (QED) is 0.745. The summed E-state index contributed by atoms with van der Waals surface area (Å²) >= 11 is 1.82. The zero-order chi connectivity index (χ0) is 12.8. The van der Waals surface area contributed by atoms with E-state index in [1.54, 1.807) is 0 Å². The maximum Gasteiger partial charge on any atom is 0.242 e. The number of nitrogens with one attached hydrogen (secondary N) is 1. The summed E-state index contributed by atoms with van der Waals surface area (Å²) in [5.74, 6) is 1.27. The van der Waals surface area contributed by atoms with Crippen molar-refractivity contribution in [2.75, 3.05) is 25.6 Å². The molecule has 1 unspecified atom stereocenters. The number of carbonyl (C=O) groups excluding carboxylic acids is 1. The van der Waals surface area contributed by atoms with Crippen LogP contribution in [0.15, 0.2) is 0 Å². The van der Waals surface area contributed by atoms with Gasteiger partial charge in [0, 0.05) is 13.1 Å². The van der Waals surface area contributed by atoms with Crippen LogP contribution in [0.25, 0.3) is 0 Å². The smallest absolute Gasteiger partial charge is 0.242 e. The minimum Gasteiger partial charge on any atom is -0.341 e. The molecule has 0 rings (SSSR count). The Balaban J connectivity index is 4.36. The van der Waals surface area contributed by atoms with Crippen LogP contribution in [0, 0.1) is 0 Å². The third-order valence-electron chi connectivity index (χ3n) is 2.87. The van der Waals surface area contributed by atoms with Crippen molar-refractivity contribution in [3.05, 3.63) is 0 Å². The summed E-state index contributed by atoms with van der Waals surface area (Å²) in [4.78, 5) is 14.1. The molecular formula is C12H26N2OS. The lowest BCUT2D eigenvalue weighted by molar-refractivity contribution is -0.137. The van der Waals surface area contributed by atoms with E-state index in [1.165, 1.54) is 0 Å². The highest BCUT2D eigenvalue weighted by Gasteiger charge is 2.30. The predicted octanol–water partition coefficient (Wildman–Crippen LogP) is 1.97. The number of likely N-dealkylation sites (N-methyl/N-ethyl adjacent to an activating group) is 2. The Kier molecular flexibility index (Phi) is 7.07. The molecule has 0 fully saturated rings. The van der Waals surface area contributed by atoms with E-state index in [9.17, 15) is 4.79 Å². The molecule has 0 heterocycles. The summed E-state index contributed by atoms with van der Waals surface area (Å²) in [6.45, 7) is 8.82. The molecule has 0 spiro atoms. The normalized spacial score (nSPS) is 13.6. The van der Waals surface area contributed by atoms with Gasteiger partial charge in [0.1, 0.15) is 0 Å². The molecule has 0 aliphatic heterocycles. The van der Waals surface area contributed by atoms with Crippen LogP contribution in [0.2, 0.25) is 0 Å². The van der Waals surface area contributed by atoms with Gasteiger partial charge in [0.2, 0.25) is 5.91 Å². The Morgan fingerprint density at radius 1 is 1.50 bits per heavy atom. The lowest BCUT2D eigenvalue weighted by Gasteiger charge is -2.33. The highest BCUT2D eigenvalue weighted by atomic mass is 32.2. The van der Waals surface area contributed by atoms with Crippen LogP contribution in [0.4, 0.5) is 0 Å². The second kappa shape index (κ2) is 7.17. The van der Waals surface area contributed by atoms with E-state index in [0.717, 1.165) is 18.7 Å². The Hall–Kier alpha value is -0.220. The monoisotopic (exact) mass is 246 g/mol. The molecule has 1 amide bonds. The van der Waals surface area contributed by atoms with Gasteiger partial charge < -0.3 is 10.2 Å². The lowest BCUT2D eigenvalue weighted by atomic mass is 10.0. The number of hydrogen-bond acceptors (Lipinski definition) is 3. The highest BCUT2D eigenvalue weighted by Crippen LogP contribution is 2.12. The maximum absolute atomic E-state index is 12.2. The van der Waals surface area contributed by atoms with Crippen molar-refractivity contribution in [3.8, 4) is 0 Å². The highest BCUT2D eigenvalue weighted by molar-refractivity contribution is 7.98. The number of thioether (sulfide) groups is 1. The van der Waals surface area contributed by atoms with Crippen LogP contribution in [-0.2, 0) is 4.79 Å². The first-order valence-corrected chi connectivity index (χ1v) is 7.27. The van der Waals surface area contributed by atoms with Gasteiger partial charge in [-0.05, 0) is 45.7 Å². The minimum atomic E-state index is -0.461. The molecular weight excluding hydrogens is 220 g/mol. The van der Waals surface area contributed by atoms with Crippen LogP contribution < -0.4 is 5.32 Å². The fourth-order valence-electron chi connectivity index (χ4n) is 1.64. The van der Waals surface area contributed by atoms with Crippen molar-refractivity contribution in [3.63, 3.8) is 0 Å². The third-order valence-corrected chi connectivity index (χ3v) is 3.52. The standard InChI is InChI=1S/C12H26N2OS/c1-7-13-12(3,4)11(15)14(5)10(2)8-9-16-6/h10,13H,7-9H2,1-6H3. The van der Waals surface area contributed by atoms with Gasteiger partial charge in [-0.2, -0.15) is 11.8 Å². The number of amides is 1. The van der Waals surface area contributed by atoms with Gasteiger partial charge in [0.05, 0.1) is 5.54 Å². The summed E-state index contributed by atoms with van der Waals surface area (Å²) in [6, 6.07) is 0.304. The summed E-state index contributed by atoms with van der Waals surface area (Å²) < 4.78 is 0. The van der Waals surface area contributed by atoms with Gasteiger partial charge in [-0.3, -0.25) is 4.79 Å². The summed E-state index contributed by atoms with van der Waals surface area (Å²) in [7, 11) is 1.90. The molecule has 0 aromatic rings. The second-order valence-corrected chi connectivity index (χ2v) is 5.69. The van der Waals surface area contributed by atoms with E-state index < -0.39 is 5.54 Å². The molecule has 1 N–H and O–H groups in total. The molecule has 0 radical (unpaired) electrons. The van der Waals surface area contributed by atoms with E-state index in [0.29, 0.717) is 6.04 Å². The van der Waals surface area contributed by atoms with Crippen LogP contribution in [-0.4, -0.2) is 48.0 Å². The fraction of sp³-hybridized carbons (Fsp3) is 0.917. The van der Waals surface area contributed by atoms with Crippen molar-refractivity contribution < 1.29 is 4.79 Å². The van der Waals surface area contributed by atoms with Gasteiger partial charge in [-0.15, -0.1) is 0 Å². The minimum absolute atomic E-state index is 0.169. The van der Waals surface area contributed by atoms with Gasteiger partial charge in [0.15, 0.2) is 0 Å². The molecule has 96 valence electrons. The van der Waals surface area contributed by atoms with E-state index in [1.807, 2.05) is 44.5 Å². The van der Waals surface area contributed by atoms with Gasteiger partial charge in [0.25, 0.3) is 0 Å². The van der Waals surface area contributed by atoms with Crippen LogP contribution in [0.1, 0.15) is 34.1 Å². The molecule has 3 nitrogen and oxygen atoms in total. The molecule has 1 atom stereocenters. The first-order chi connectivity index (χ1) is 7.36. The van der Waals surface area contributed by atoms with E-state index in [-0.39, 0.29) is 5.91 Å². The predicted molar refractivity (Wildman–Crippen MR) is 73.0 cm³/mol. The molecule has 16 heavy (non-hydrogen) atoms. The zero-order valence-electron chi connectivity index (χ0n) is 11.5. The molecule has 0 aromatic heterocycles. The van der Waals surface area contributed by atoms with E-state index in [2.05, 4.69) is 18.5 Å². The molecule has 0 aliphatic rings. The van der Waals surface area contributed by atoms with Gasteiger partial charge >= 0.3 is 0 Å². The van der Waals surface area contributed by atoms with Crippen molar-refractivity contribution in [1.82, 2.24) is 10.2 Å². The molecule has 0 aromatic carbocycles. The molecule has 0 aliphatic carbocycles. The topological polar surface area (TPSA) is 32.3 Å². The first kappa shape index (κ1) is 15.8.